The number of nitrogens with zero attached hydrogens (tertiary/aromatic N) is 2. The standard InChI is InChI=1S/C21H21F2N3O5/c1-2-13-5-6-31-16-10-25-9-14(18(27)19(28)17(25)21(30)26(13)16)20(29)24-8-11-3-4-12(22)7-15(11)23/h3-4,7,9,13,16,28H,2,5-6,8,10H2,1H3,(H,24,29)/t13-,16?/m1/s1. The van der Waals surface area contributed by atoms with Crippen LogP contribution in [-0.2, 0) is 17.8 Å². The third kappa shape index (κ3) is 3.67. The minimum atomic E-state index is -0.999. The van der Waals surface area contributed by atoms with Crippen molar-refractivity contribution < 1.29 is 28.2 Å². The Bertz CT molecular complexity index is 1120. The molecule has 0 radical (unpaired) electrons. The minimum absolute atomic E-state index is 0.0315. The van der Waals surface area contributed by atoms with Crippen molar-refractivity contribution >= 4 is 11.8 Å². The van der Waals surface area contributed by atoms with Crippen molar-refractivity contribution in [1.82, 2.24) is 14.8 Å². The van der Waals surface area contributed by atoms with E-state index in [1.807, 2.05) is 6.92 Å². The number of carbonyl (C=O) groups excluding carboxylic acids is 2. The Morgan fingerprint density at radius 2 is 2.10 bits per heavy atom. The summed E-state index contributed by atoms with van der Waals surface area (Å²) in [7, 11) is 0. The molecule has 2 aromatic rings. The van der Waals surface area contributed by atoms with Crippen LogP contribution in [0.2, 0.25) is 0 Å². The van der Waals surface area contributed by atoms with Gasteiger partial charge in [-0.3, -0.25) is 14.4 Å². The molecule has 1 saturated heterocycles. The van der Waals surface area contributed by atoms with Crippen LogP contribution in [0.15, 0.2) is 29.2 Å². The van der Waals surface area contributed by atoms with Gasteiger partial charge in [-0.25, -0.2) is 8.78 Å². The van der Waals surface area contributed by atoms with Gasteiger partial charge in [0.05, 0.1) is 13.2 Å². The molecule has 3 heterocycles. The van der Waals surface area contributed by atoms with E-state index in [1.165, 1.54) is 21.7 Å². The first-order valence-electron chi connectivity index (χ1n) is 9.94. The average Bonchev–Trinajstić information content (AvgIpc) is 2.74. The fraction of sp³-hybridized carbons (Fsp3) is 0.381. The van der Waals surface area contributed by atoms with Gasteiger partial charge in [0.1, 0.15) is 17.2 Å². The maximum Gasteiger partial charge on any atom is 0.276 e. The number of fused-ring (bicyclic) bond motifs is 2. The number of amides is 2. The molecule has 2 atom stereocenters. The summed E-state index contributed by atoms with van der Waals surface area (Å²) in [5.74, 6) is -3.79. The predicted molar refractivity (Wildman–Crippen MR) is 105 cm³/mol. The summed E-state index contributed by atoms with van der Waals surface area (Å²) in [4.78, 5) is 39.7. The van der Waals surface area contributed by atoms with E-state index in [2.05, 4.69) is 5.32 Å². The van der Waals surface area contributed by atoms with Crippen LogP contribution in [0.3, 0.4) is 0 Å². The second kappa shape index (κ2) is 8.10. The molecule has 1 aromatic carbocycles. The number of hydrogen-bond donors (Lipinski definition) is 2. The summed E-state index contributed by atoms with van der Waals surface area (Å²) in [5.41, 5.74) is -1.55. The molecule has 164 valence electrons. The van der Waals surface area contributed by atoms with E-state index in [0.717, 1.165) is 6.07 Å². The van der Waals surface area contributed by atoms with Gasteiger partial charge in [0.25, 0.3) is 11.8 Å². The number of pyridine rings is 1. The molecule has 2 amide bonds. The second-order valence-corrected chi connectivity index (χ2v) is 7.53. The smallest absolute Gasteiger partial charge is 0.276 e. The number of rotatable bonds is 4. The zero-order valence-corrected chi connectivity index (χ0v) is 16.7. The van der Waals surface area contributed by atoms with Crippen LogP contribution in [0, 0.1) is 11.6 Å². The van der Waals surface area contributed by atoms with Crippen LogP contribution in [-0.4, -0.2) is 45.3 Å². The van der Waals surface area contributed by atoms with E-state index in [1.54, 1.807) is 0 Å². The molecule has 2 aliphatic heterocycles. The van der Waals surface area contributed by atoms with Gasteiger partial charge >= 0.3 is 0 Å². The third-order valence-electron chi connectivity index (χ3n) is 5.68. The van der Waals surface area contributed by atoms with E-state index in [0.29, 0.717) is 25.5 Å². The summed E-state index contributed by atoms with van der Waals surface area (Å²) < 4.78 is 33.8. The highest BCUT2D eigenvalue weighted by Gasteiger charge is 2.41. The highest BCUT2D eigenvalue weighted by Crippen LogP contribution is 2.30. The zero-order chi connectivity index (χ0) is 22.3. The molecule has 1 fully saturated rings. The Kier molecular flexibility index (Phi) is 5.48. The molecule has 8 nitrogen and oxygen atoms in total. The first kappa shape index (κ1) is 21.0. The lowest BCUT2D eigenvalue weighted by Crippen LogP contribution is -2.57. The number of ether oxygens (including phenoxy) is 1. The molecule has 4 rings (SSSR count). The van der Waals surface area contributed by atoms with E-state index >= 15 is 0 Å². The van der Waals surface area contributed by atoms with E-state index in [4.69, 9.17) is 4.74 Å². The fourth-order valence-electron chi connectivity index (χ4n) is 4.04. The van der Waals surface area contributed by atoms with E-state index in [-0.39, 0.29) is 30.4 Å². The largest absolute Gasteiger partial charge is 0.503 e. The van der Waals surface area contributed by atoms with Gasteiger partial charge in [-0.15, -0.1) is 0 Å². The van der Waals surface area contributed by atoms with Crippen LogP contribution in [0.4, 0.5) is 8.78 Å². The highest BCUT2D eigenvalue weighted by molar-refractivity contribution is 5.99. The Morgan fingerprint density at radius 3 is 2.81 bits per heavy atom. The van der Waals surface area contributed by atoms with Gasteiger partial charge < -0.3 is 24.6 Å². The fourth-order valence-corrected chi connectivity index (χ4v) is 4.04. The summed E-state index contributed by atoms with van der Waals surface area (Å²) in [5, 5.41) is 12.8. The first-order valence-corrected chi connectivity index (χ1v) is 9.94. The second-order valence-electron chi connectivity index (χ2n) is 7.53. The Balaban J connectivity index is 1.63. The molecule has 1 unspecified atom stereocenters. The number of aromatic nitrogens is 1. The molecule has 2 aliphatic rings. The van der Waals surface area contributed by atoms with Gasteiger partial charge in [0.15, 0.2) is 17.7 Å². The zero-order valence-electron chi connectivity index (χ0n) is 16.7. The van der Waals surface area contributed by atoms with Gasteiger partial charge in [0.2, 0.25) is 5.43 Å². The van der Waals surface area contributed by atoms with Crippen LogP contribution >= 0.6 is 0 Å². The minimum Gasteiger partial charge on any atom is -0.503 e. The molecule has 0 bridgehead atoms. The molecular weight excluding hydrogens is 412 g/mol. The molecule has 10 heteroatoms. The number of carbonyl (C=O) groups is 2. The van der Waals surface area contributed by atoms with Crippen molar-refractivity contribution in [1.29, 1.82) is 0 Å². The van der Waals surface area contributed by atoms with Crippen molar-refractivity contribution in [3.05, 3.63) is 63.1 Å². The Hall–Kier alpha value is -3.27. The lowest BCUT2D eigenvalue weighted by atomic mass is 10.0. The number of aromatic hydroxyl groups is 1. The summed E-state index contributed by atoms with van der Waals surface area (Å²) in [6.45, 7) is 2.28. The van der Waals surface area contributed by atoms with Crippen molar-refractivity contribution in [2.75, 3.05) is 6.61 Å². The lowest BCUT2D eigenvalue weighted by molar-refractivity contribution is -0.116. The van der Waals surface area contributed by atoms with Crippen LogP contribution in [0.25, 0.3) is 0 Å². The van der Waals surface area contributed by atoms with Gasteiger partial charge in [-0.1, -0.05) is 13.0 Å². The number of hydrogen-bond acceptors (Lipinski definition) is 5. The predicted octanol–water partition coefficient (Wildman–Crippen LogP) is 1.74. The van der Waals surface area contributed by atoms with Crippen LogP contribution in [0.1, 0.15) is 46.2 Å². The molecule has 0 aliphatic carbocycles. The molecule has 0 saturated carbocycles. The molecule has 31 heavy (non-hydrogen) atoms. The first-order chi connectivity index (χ1) is 14.8. The monoisotopic (exact) mass is 433 g/mol. The molecule has 1 aromatic heterocycles. The summed E-state index contributed by atoms with van der Waals surface area (Å²) in [6, 6.07) is 2.85. The SMILES string of the molecule is CC[C@@H]1CCOC2Cn3cc(C(=O)NCc4ccc(F)cc4F)c(=O)c(O)c3C(=O)N21. The van der Waals surface area contributed by atoms with Gasteiger partial charge in [0, 0.05) is 30.4 Å². The highest BCUT2D eigenvalue weighted by atomic mass is 19.1. The topological polar surface area (TPSA) is 101 Å². The summed E-state index contributed by atoms with van der Waals surface area (Å²) >= 11 is 0. The maximum atomic E-state index is 13.8. The summed E-state index contributed by atoms with van der Waals surface area (Å²) in [6.07, 6.45) is 1.99. The van der Waals surface area contributed by atoms with E-state index in [9.17, 15) is 28.3 Å². The Morgan fingerprint density at radius 1 is 1.32 bits per heavy atom. The van der Waals surface area contributed by atoms with Crippen molar-refractivity contribution in [2.24, 2.45) is 0 Å². The van der Waals surface area contributed by atoms with Crippen LogP contribution < -0.4 is 10.7 Å². The van der Waals surface area contributed by atoms with Gasteiger partial charge in [-0.05, 0) is 18.9 Å². The van der Waals surface area contributed by atoms with Gasteiger partial charge in [-0.2, -0.15) is 0 Å². The number of halogens is 2. The van der Waals surface area contributed by atoms with Crippen molar-refractivity contribution in [2.45, 2.75) is 45.1 Å². The third-order valence-corrected chi connectivity index (χ3v) is 5.68. The quantitative estimate of drug-likeness (QED) is 0.765. The Labute approximate surface area is 176 Å². The molecular formula is C21H21F2N3O5. The lowest BCUT2D eigenvalue weighted by Gasteiger charge is -2.45. The molecule has 0 spiro atoms. The maximum absolute atomic E-state index is 13.8. The number of nitrogens with one attached hydrogen (secondary N) is 1. The molecule has 2 N–H and O–H groups in total. The average molecular weight is 433 g/mol. The normalized spacial score (nSPS) is 20.2. The van der Waals surface area contributed by atoms with E-state index < -0.39 is 46.4 Å². The van der Waals surface area contributed by atoms with Crippen molar-refractivity contribution in [3.8, 4) is 5.75 Å². The van der Waals surface area contributed by atoms with Crippen LogP contribution in [0.5, 0.6) is 5.75 Å². The number of benzene rings is 1. The van der Waals surface area contributed by atoms with Crippen molar-refractivity contribution in [3.63, 3.8) is 0 Å².